The normalized spacial score (nSPS) is 14.4. The van der Waals surface area contributed by atoms with Crippen LogP contribution in [0.1, 0.15) is 24.8 Å². The van der Waals surface area contributed by atoms with Gasteiger partial charge < -0.3 is 19.0 Å². The molecule has 4 aromatic rings. The fourth-order valence-electron chi connectivity index (χ4n) is 4.65. The van der Waals surface area contributed by atoms with Crippen molar-refractivity contribution >= 4 is 34.4 Å². The van der Waals surface area contributed by atoms with Crippen molar-refractivity contribution in [2.75, 3.05) is 45.3 Å². The van der Waals surface area contributed by atoms with E-state index < -0.39 is 0 Å². The molecule has 0 radical (unpaired) electrons. The monoisotopic (exact) mass is 525 g/mol. The number of piperidine rings is 1. The molecule has 0 saturated carbocycles. The van der Waals surface area contributed by atoms with Crippen LogP contribution in [0.25, 0.3) is 22.6 Å². The number of benzene rings is 1. The fourth-order valence-corrected chi connectivity index (χ4v) is 4.88. The first kappa shape index (κ1) is 25.0. The second-order valence-electron chi connectivity index (χ2n) is 9.07. The maximum Gasteiger partial charge on any atom is 0.327 e. The van der Waals surface area contributed by atoms with Crippen LogP contribution in [-0.4, -0.2) is 75.9 Å². The molecule has 4 heterocycles. The second kappa shape index (κ2) is 10.7. The number of nitrogens with one attached hydrogen (secondary N) is 1. The molecule has 1 aliphatic rings. The first-order valence-electron chi connectivity index (χ1n) is 12.1. The van der Waals surface area contributed by atoms with Gasteiger partial charge in [0.1, 0.15) is 6.42 Å². The molecule has 1 N–H and O–H groups in total. The van der Waals surface area contributed by atoms with Gasteiger partial charge in [0.05, 0.1) is 12.1 Å². The van der Waals surface area contributed by atoms with E-state index >= 15 is 0 Å². The lowest BCUT2D eigenvalue weighted by atomic mass is 10.0. The van der Waals surface area contributed by atoms with Gasteiger partial charge in [-0.15, -0.1) is 10.2 Å². The summed E-state index contributed by atoms with van der Waals surface area (Å²) in [5.41, 5.74) is 2.75. The maximum atomic E-state index is 13.0. The summed E-state index contributed by atoms with van der Waals surface area (Å²) in [7, 11) is 3.60. The molecule has 0 spiro atoms. The number of fused-ring (bicyclic) bond motifs is 1. The highest BCUT2D eigenvalue weighted by Crippen LogP contribution is 2.29. The van der Waals surface area contributed by atoms with E-state index in [0.717, 1.165) is 11.2 Å². The third-order valence-corrected chi connectivity index (χ3v) is 6.86. The average molecular weight is 526 g/mol. The summed E-state index contributed by atoms with van der Waals surface area (Å²) in [6.07, 6.45) is 3.00. The van der Waals surface area contributed by atoms with Crippen LogP contribution in [0.5, 0.6) is 0 Å². The molecule has 3 aromatic heterocycles. The van der Waals surface area contributed by atoms with Gasteiger partial charge in [0.2, 0.25) is 17.7 Å². The molecule has 0 atom stereocenters. The van der Waals surface area contributed by atoms with Crippen LogP contribution in [0.15, 0.2) is 45.7 Å². The molecule has 1 fully saturated rings. The Balaban J connectivity index is 1.22. The van der Waals surface area contributed by atoms with Crippen molar-refractivity contribution in [3.8, 4) is 11.5 Å². The molecular weight excluding hydrogens is 498 g/mol. The largest absolute Gasteiger partial charge is 0.420 e. The third kappa shape index (κ3) is 5.37. The summed E-state index contributed by atoms with van der Waals surface area (Å²) in [5, 5.41) is 8.76. The van der Waals surface area contributed by atoms with Crippen molar-refractivity contribution in [1.82, 2.24) is 29.6 Å². The topological polar surface area (TPSA) is 122 Å². The summed E-state index contributed by atoms with van der Waals surface area (Å²) in [6, 6.07) is 9.21. The number of aromatic amines is 1. The lowest BCUT2D eigenvalue weighted by Crippen LogP contribution is -2.41. The Kier molecular flexibility index (Phi) is 7.24. The van der Waals surface area contributed by atoms with Crippen LogP contribution in [0.4, 0.5) is 5.69 Å². The van der Waals surface area contributed by atoms with Crippen molar-refractivity contribution in [1.29, 1.82) is 0 Å². The van der Waals surface area contributed by atoms with Crippen molar-refractivity contribution < 1.29 is 13.9 Å². The zero-order valence-electron chi connectivity index (χ0n) is 20.7. The predicted octanol–water partition coefficient (Wildman–Crippen LogP) is 2.92. The van der Waals surface area contributed by atoms with Crippen molar-refractivity contribution in [2.24, 2.45) is 0 Å². The minimum atomic E-state index is -0.175. The van der Waals surface area contributed by atoms with Crippen molar-refractivity contribution in [2.45, 2.75) is 25.3 Å². The van der Waals surface area contributed by atoms with Gasteiger partial charge in [-0.25, -0.2) is 9.78 Å². The zero-order valence-corrected chi connectivity index (χ0v) is 21.4. The van der Waals surface area contributed by atoms with Gasteiger partial charge in [-0.2, -0.15) is 0 Å². The number of carbonyl (C=O) groups excluding carboxylic acids is 1. The highest BCUT2D eigenvalue weighted by molar-refractivity contribution is 6.31. The van der Waals surface area contributed by atoms with Gasteiger partial charge in [0.15, 0.2) is 5.65 Å². The fraction of sp³-hybridized carbons (Fsp3) is 0.400. The number of carbonyl (C=O) groups is 1. The zero-order chi connectivity index (χ0) is 25.9. The molecule has 11 nitrogen and oxygen atoms in total. The molecule has 0 unspecified atom stereocenters. The molecule has 5 rings (SSSR count). The Morgan fingerprint density at radius 3 is 2.86 bits per heavy atom. The molecule has 37 heavy (non-hydrogen) atoms. The molecule has 1 saturated heterocycles. The van der Waals surface area contributed by atoms with Crippen LogP contribution < -0.4 is 10.6 Å². The summed E-state index contributed by atoms with van der Waals surface area (Å²) < 4.78 is 12.7. The summed E-state index contributed by atoms with van der Waals surface area (Å²) in [6.45, 7) is 2.35. The maximum absolute atomic E-state index is 13.0. The van der Waals surface area contributed by atoms with Crippen molar-refractivity contribution in [3.05, 3.63) is 57.9 Å². The number of aromatic nitrogens is 5. The number of halogens is 1. The summed E-state index contributed by atoms with van der Waals surface area (Å²) >= 11 is 6.33. The SMILES string of the molecule is COCCN(C)c1cc(Cl)cc(-c2nnc(CC(=O)N3CCC(n4c(=O)[nH]c5ncccc54)CC3)o2)c1. The van der Waals surface area contributed by atoms with Gasteiger partial charge in [-0.05, 0) is 43.2 Å². The number of methoxy groups -OCH3 is 1. The molecular formula is C25H28ClN7O4. The van der Waals surface area contributed by atoms with E-state index in [4.69, 9.17) is 20.8 Å². The number of anilines is 1. The van der Waals surface area contributed by atoms with E-state index in [1.54, 1.807) is 28.8 Å². The highest BCUT2D eigenvalue weighted by atomic mass is 35.5. The summed E-state index contributed by atoms with van der Waals surface area (Å²) in [5.74, 6) is 0.459. The van der Waals surface area contributed by atoms with Crippen LogP contribution in [0.3, 0.4) is 0 Å². The lowest BCUT2D eigenvalue weighted by molar-refractivity contribution is -0.132. The second-order valence-corrected chi connectivity index (χ2v) is 9.51. The Morgan fingerprint density at radius 1 is 1.27 bits per heavy atom. The van der Waals surface area contributed by atoms with E-state index in [0.29, 0.717) is 61.2 Å². The van der Waals surface area contributed by atoms with Gasteiger partial charge in [0, 0.05) is 62.3 Å². The molecule has 194 valence electrons. The molecule has 1 aromatic carbocycles. The Labute approximate surface area is 218 Å². The number of imidazole rings is 1. The van der Waals surface area contributed by atoms with Gasteiger partial charge in [-0.3, -0.25) is 14.3 Å². The van der Waals surface area contributed by atoms with E-state index in [1.165, 1.54) is 0 Å². The number of ether oxygens (including phenoxy) is 1. The van der Waals surface area contributed by atoms with Crippen LogP contribution in [0.2, 0.25) is 5.02 Å². The van der Waals surface area contributed by atoms with Gasteiger partial charge in [0.25, 0.3) is 0 Å². The smallest absolute Gasteiger partial charge is 0.327 e. The number of likely N-dealkylation sites (N-methyl/N-ethyl adjacent to an activating group) is 1. The Morgan fingerprint density at radius 2 is 2.08 bits per heavy atom. The molecule has 12 heteroatoms. The first-order chi connectivity index (χ1) is 17.9. The number of pyridine rings is 1. The number of rotatable bonds is 8. The number of likely N-dealkylation sites (tertiary alicyclic amines) is 1. The molecule has 0 bridgehead atoms. The van der Waals surface area contributed by atoms with Crippen LogP contribution in [-0.2, 0) is 16.0 Å². The minimum absolute atomic E-state index is 0.00329. The lowest BCUT2D eigenvalue weighted by Gasteiger charge is -2.32. The minimum Gasteiger partial charge on any atom is -0.420 e. The molecule has 1 amide bonds. The third-order valence-electron chi connectivity index (χ3n) is 6.64. The number of hydrogen-bond donors (Lipinski definition) is 1. The van der Waals surface area contributed by atoms with E-state index in [1.807, 2.05) is 36.2 Å². The first-order valence-corrected chi connectivity index (χ1v) is 12.5. The molecule has 0 aliphatic carbocycles. The van der Waals surface area contributed by atoms with E-state index in [2.05, 4.69) is 20.2 Å². The number of H-pyrrole nitrogens is 1. The van der Waals surface area contributed by atoms with E-state index in [9.17, 15) is 9.59 Å². The van der Waals surface area contributed by atoms with Crippen molar-refractivity contribution in [3.63, 3.8) is 0 Å². The molecule has 1 aliphatic heterocycles. The quantitative estimate of drug-likeness (QED) is 0.372. The average Bonchev–Trinajstić information content (AvgIpc) is 3.50. The summed E-state index contributed by atoms with van der Waals surface area (Å²) in [4.78, 5) is 36.3. The number of amides is 1. The Bertz CT molecular complexity index is 1450. The number of nitrogens with zero attached hydrogens (tertiary/aromatic N) is 6. The van der Waals surface area contributed by atoms with Crippen LogP contribution >= 0.6 is 11.6 Å². The predicted molar refractivity (Wildman–Crippen MR) is 139 cm³/mol. The van der Waals surface area contributed by atoms with E-state index in [-0.39, 0.29) is 30.0 Å². The number of hydrogen-bond acceptors (Lipinski definition) is 8. The Hall–Kier alpha value is -3.70. The van der Waals surface area contributed by atoms with Gasteiger partial charge >= 0.3 is 5.69 Å². The van der Waals surface area contributed by atoms with Crippen LogP contribution in [0, 0.1) is 0 Å². The van der Waals surface area contributed by atoms with Gasteiger partial charge in [-0.1, -0.05) is 11.6 Å². The standard InChI is InChI=1S/C25H28ClN7O4/c1-31(10-11-36-2)19-13-16(12-17(26)14-19)24-30-29-21(37-24)15-22(34)32-8-5-18(6-9-32)33-20-4-3-7-27-23(20)28-25(33)35/h3-4,7,12-14,18H,5-6,8-11,15H2,1-2H3,(H,27,28,35). The highest BCUT2D eigenvalue weighted by Gasteiger charge is 2.27.